The van der Waals surface area contributed by atoms with Gasteiger partial charge in [-0.25, -0.2) is 0 Å². The molecule has 8 heteroatoms. The van der Waals surface area contributed by atoms with Crippen molar-refractivity contribution < 1.29 is 14.3 Å². The number of nitrogens with zero attached hydrogens (tertiary/aromatic N) is 3. The maximum absolute atomic E-state index is 12.6. The van der Waals surface area contributed by atoms with Crippen LogP contribution in [0.15, 0.2) is 65.3 Å². The number of hydrogen-bond donors (Lipinski definition) is 1. The van der Waals surface area contributed by atoms with Gasteiger partial charge in [0.25, 0.3) is 5.91 Å². The molecule has 1 N–H and O–H groups in total. The van der Waals surface area contributed by atoms with E-state index in [4.69, 9.17) is 4.74 Å². The van der Waals surface area contributed by atoms with Crippen LogP contribution in [0.1, 0.15) is 28.5 Å². The third-order valence-corrected chi connectivity index (χ3v) is 4.42. The molecule has 0 saturated heterocycles. The van der Waals surface area contributed by atoms with Gasteiger partial charge in [-0.3, -0.25) is 9.59 Å². The molecule has 1 amide bonds. The number of hydrogen-bond acceptors (Lipinski definition) is 5. The molecule has 3 rings (SSSR count). The third-order valence-electron chi connectivity index (χ3n) is 3.89. The molecule has 138 valence electrons. The fourth-order valence-corrected chi connectivity index (χ4v) is 2.75. The highest BCUT2D eigenvalue weighted by Gasteiger charge is 2.21. The molecule has 7 nitrogen and oxygen atoms in total. The average molecular weight is 429 g/mol. The third kappa shape index (κ3) is 4.79. The van der Waals surface area contributed by atoms with Gasteiger partial charge in [-0.2, -0.15) is 9.90 Å². The Balaban J connectivity index is 1.79. The summed E-state index contributed by atoms with van der Waals surface area (Å²) >= 11 is 3.37. The Labute approximate surface area is 164 Å². The molecule has 3 aromatic rings. The van der Waals surface area contributed by atoms with Crippen LogP contribution >= 0.6 is 15.9 Å². The van der Waals surface area contributed by atoms with E-state index in [1.165, 1.54) is 18.1 Å². The summed E-state index contributed by atoms with van der Waals surface area (Å²) in [6.45, 7) is 0. The lowest BCUT2D eigenvalue weighted by Crippen LogP contribution is -2.30. The van der Waals surface area contributed by atoms with Crippen LogP contribution in [0, 0.1) is 0 Å². The summed E-state index contributed by atoms with van der Waals surface area (Å²) < 4.78 is 5.65. The van der Waals surface area contributed by atoms with Crippen LogP contribution in [0.3, 0.4) is 0 Å². The molecule has 0 aliphatic heterocycles. The Morgan fingerprint density at radius 1 is 1.15 bits per heavy atom. The standard InChI is InChI=1S/C19H17BrN4O3/c1-27-18(25)11-16(13-7-9-14(20)10-8-13)22-19(26)17-12-21-24(23-17)15-5-3-2-4-6-15/h2-10,12,16H,11H2,1H3,(H,22,26). The largest absolute Gasteiger partial charge is 0.469 e. The molecule has 0 bridgehead atoms. The first-order valence-corrected chi connectivity index (χ1v) is 8.97. The number of rotatable bonds is 6. The molecule has 1 atom stereocenters. The highest BCUT2D eigenvalue weighted by atomic mass is 79.9. The molecule has 0 spiro atoms. The summed E-state index contributed by atoms with van der Waals surface area (Å²) in [4.78, 5) is 25.8. The molecule has 27 heavy (non-hydrogen) atoms. The Kier molecular flexibility index (Phi) is 5.97. The van der Waals surface area contributed by atoms with Gasteiger partial charge in [0.15, 0.2) is 5.69 Å². The number of aromatic nitrogens is 3. The van der Waals surface area contributed by atoms with Crippen molar-refractivity contribution in [1.82, 2.24) is 20.3 Å². The summed E-state index contributed by atoms with van der Waals surface area (Å²) in [6, 6.07) is 16.1. The SMILES string of the molecule is COC(=O)CC(NC(=O)c1cnn(-c2ccccc2)n1)c1ccc(Br)cc1. The number of carbonyl (C=O) groups excluding carboxylic acids is 2. The first kappa shape index (κ1) is 18.8. The lowest BCUT2D eigenvalue weighted by molar-refractivity contribution is -0.141. The van der Waals surface area contributed by atoms with Crippen molar-refractivity contribution in [2.75, 3.05) is 7.11 Å². The van der Waals surface area contributed by atoms with Crippen LogP contribution in [0.25, 0.3) is 5.69 Å². The first-order valence-electron chi connectivity index (χ1n) is 8.17. The van der Waals surface area contributed by atoms with Crippen LogP contribution in [-0.2, 0) is 9.53 Å². The van der Waals surface area contributed by atoms with E-state index in [0.29, 0.717) is 0 Å². The lowest BCUT2D eigenvalue weighted by atomic mass is 10.0. The highest BCUT2D eigenvalue weighted by molar-refractivity contribution is 9.10. The lowest BCUT2D eigenvalue weighted by Gasteiger charge is -2.17. The second-order valence-electron chi connectivity index (χ2n) is 5.71. The predicted molar refractivity (Wildman–Crippen MR) is 102 cm³/mol. The first-order chi connectivity index (χ1) is 13.1. The Bertz CT molecular complexity index is 926. The summed E-state index contributed by atoms with van der Waals surface area (Å²) in [5.41, 5.74) is 1.69. The van der Waals surface area contributed by atoms with Gasteiger partial charge in [-0.05, 0) is 29.8 Å². The minimum absolute atomic E-state index is 0.0106. The summed E-state index contributed by atoms with van der Waals surface area (Å²) in [5, 5.41) is 11.2. The molecule has 2 aromatic carbocycles. The molecular weight excluding hydrogens is 412 g/mol. The second kappa shape index (κ2) is 8.59. The quantitative estimate of drug-likeness (QED) is 0.609. The minimum atomic E-state index is -0.542. The second-order valence-corrected chi connectivity index (χ2v) is 6.63. The zero-order valence-corrected chi connectivity index (χ0v) is 16.1. The Morgan fingerprint density at radius 3 is 2.52 bits per heavy atom. The van der Waals surface area contributed by atoms with E-state index in [9.17, 15) is 9.59 Å². The van der Waals surface area contributed by atoms with E-state index < -0.39 is 17.9 Å². The number of esters is 1. The topological polar surface area (TPSA) is 86.1 Å². The molecule has 0 saturated carbocycles. The number of benzene rings is 2. The van der Waals surface area contributed by atoms with Crippen molar-refractivity contribution >= 4 is 27.8 Å². The molecule has 0 radical (unpaired) electrons. The molecule has 1 aromatic heterocycles. The molecule has 0 aliphatic rings. The van der Waals surface area contributed by atoms with Gasteiger partial charge in [0.1, 0.15) is 0 Å². The van der Waals surface area contributed by atoms with Gasteiger partial charge < -0.3 is 10.1 Å². The van der Waals surface area contributed by atoms with Crippen molar-refractivity contribution in [2.24, 2.45) is 0 Å². The molecule has 1 unspecified atom stereocenters. The number of halogens is 1. The van der Waals surface area contributed by atoms with Gasteiger partial charge in [0.2, 0.25) is 0 Å². The van der Waals surface area contributed by atoms with Crippen LogP contribution in [0.5, 0.6) is 0 Å². The van der Waals surface area contributed by atoms with Crippen LogP contribution in [0.4, 0.5) is 0 Å². The maximum Gasteiger partial charge on any atom is 0.307 e. The maximum atomic E-state index is 12.6. The molecule has 0 fully saturated rings. The zero-order chi connectivity index (χ0) is 19.2. The van der Waals surface area contributed by atoms with Crippen molar-refractivity contribution in [2.45, 2.75) is 12.5 Å². The Morgan fingerprint density at radius 2 is 1.85 bits per heavy atom. The van der Waals surface area contributed by atoms with E-state index in [1.54, 1.807) is 0 Å². The fourth-order valence-electron chi connectivity index (χ4n) is 2.48. The van der Waals surface area contributed by atoms with Gasteiger partial charge in [-0.1, -0.05) is 46.3 Å². The number of nitrogens with one attached hydrogen (secondary N) is 1. The summed E-state index contributed by atoms with van der Waals surface area (Å²) in [7, 11) is 1.31. The number of ether oxygens (including phenoxy) is 1. The van der Waals surface area contributed by atoms with E-state index in [-0.39, 0.29) is 12.1 Å². The van der Waals surface area contributed by atoms with Gasteiger partial charge in [0, 0.05) is 4.47 Å². The smallest absolute Gasteiger partial charge is 0.307 e. The predicted octanol–water partition coefficient (Wildman–Crippen LogP) is 3.06. The van der Waals surface area contributed by atoms with E-state index in [0.717, 1.165) is 15.7 Å². The highest BCUT2D eigenvalue weighted by Crippen LogP contribution is 2.20. The summed E-state index contributed by atoms with van der Waals surface area (Å²) in [6.07, 6.45) is 1.40. The number of para-hydroxylation sites is 1. The van der Waals surface area contributed by atoms with Gasteiger partial charge in [0.05, 0.1) is 31.5 Å². The van der Waals surface area contributed by atoms with Crippen molar-refractivity contribution in [3.63, 3.8) is 0 Å². The molecule has 1 heterocycles. The van der Waals surface area contributed by atoms with E-state index in [1.807, 2.05) is 54.6 Å². The van der Waals surface area contributed by atoms with Gasteiger partial charge >= 0.3 is 5.97 Å². The average Bonchev–Trinajstić information content (AvgIpc) is 3.19. The van der Waals surface area contributed by atoms with Crippen molar-refractivity contribution in [3.05, 3.63) is 76.5 Å². The fraction of sp³-hybridized carbons (Fsp3) is 0.158. The van der Waals surface area contributed by atoms with Crippen LogP contribution < -0.4 is 5.32 Å². The summed E-state index contributed by atoms with van der Waals surface area (Å²) in [5.74, 6) is -0.842. The number of carbonyl (C=O) groups is 2. The molecule has 0 aliphatic carbocycles. The van der Waals surface area contributed by atoms with Crippen molar-refractivity contribution in [1.29, 1.82) is 0 Å². The monoisotopic (exact) mass is 428 g/mol. The van der Waals surface area contributed by atoms with E-state index >= 15 is 0 Å². The number of amides is 1. The van der Waals surface area contributed by atoms with Crippen LogP contribution in [0.2, 0.25) is 0 Å². The zero-order valence-electron chi connectivity index (χ0n) is 14.5. The van der Waals surface area contributed by atoms with Gasteiger partial charge in [-0.15, -0.1) is 5.10 Å². The van der Waals surface area contributed by atoms with E-state index in [2.05, 4.69) is 31.4 Å². The Hall–Kier alpha value is -3.00. The normalized spacial score (nSPS) is 11.6. The van der Waals surface area contributed by atoms with Crippen LogP contribution in [-0.4, -0.2) is 34.0 Å². The molecular formula is C19H17BrN4O3. The number of methoxy groups -OCH3 is 1. The van der Waals surface area contributed by atoms with Crippen molar-refractivity contribution in [3.8, 4) is 5.69 Å². The minimum Gasteiger partial charge on any atom is -0.469 e.